The van der Waals surface area contributed by atoms with Crippen LogP contribution in [0.4, 0.5) is 5.69 Å². The van der Waals surface area contributed by atoms with Crippen molar-refractivity contribution >= 4 is 23.4 Å². The number of nitrogens with zero attached hydrogens (tertiary/aromatic N) is 4. The highest BCUT2D eigenvalue weighted by Gasteiger charge is 2.13. The van der Waals surface area contributed by atoms with Gasteiger partial charge in [-0.1, -0.05) is 49.9 Å². The Hall–Kier alpha value is -2.87. The van der Waals surface area contributed by atoms with Crippen LogP contribution in [0.15, 0.2) is 53.7 Å². The average molecular weight is 398 g/mol. The van der Waals surface area contributed by atoms with Crippen molar-refractivity contribution in [1.82, 2.24) is 20.2 Å². The number of aromatic nitrogens is 4. The van der Waals surface area contributed by atoms with Crippen LogP contribution < -0.4 is 10.1 Å². The molecule has 7 nitrogen and oxygen atoms in total. The average Bonchev–Trinajstić information content (AvgIpc) is 3.17. The molecule has 146 valence electrons. The standard InChI is InChI=1S/C20H23N5O2S/c1-4-27-18-8-6-5-7-17(18)21-19(26)13-28-20-22-23-24-25(20)16-11-9-15(10-12-16)14(2)3/h5-12,14H,4,13H2,1-3H3,(H,21,26). The molecule has 0 radical (unpaired) electrons. The molecular formula is C20H23N5O2S. The lowest BCUT2D eigenvalue weighted by atomic mass is 10.0. The second kappa shape index (κ2) is 9.36. The highest BCUT2D eigenvalue weighted by atomic mass is 32.2. The molecule has 0 aliphatic heterocycles. The lowest BCUT2D eigenvalue weighted by Gasteiger charge is -2.11. The molecule has 0 saturated carbocycles. The van der Waals surface area contributed by atoms with E-state index in [-0.39, 0.29) is 11.7 Å². The van der Waals surface area contributed by atoms with Gasteiger partial charge in [-0.3, -0.25) is 4.79 Å². The summed E-state index contributed by atoms with van der Waals surface area (Å²) in [7, 11) is 0. The summed E-state index contributed by atoms with van der Waals surface area (Å²) < 4.78 is 7.17. The van der Waals surface area contributed by atoms with Crippen LogP contribution in [0.5, 0.6) is 5.75 Å². The number of nitrogens with one attached hydrogen (secondary N) is 1. The fraction of sp³-hybridized carbons (Fsp3) is 0.300. The van der Waals surface area contributed by atoms with Gasteiger partial charge in [0.1, 0.15) is 5.75 Å². The molecule has 1 N–H and O–H groups in total. The van der Waals surface area contributed by atoms with Gasteiger partial charge in [0.25, 0.3) is 0 Å². The molecule has 0 spiro atoms. The van der Waals surface area contributed by atoms with Crippen molar-refractivity contribution in [2.45, 2.75) is 31.8 Å². The Morgan fingerprint density at radius 1 is 1.18 bits per heavy atom. The molecule has 0 aliphatic rings. The predicted octanol–water partition coefficient (Wildman–Crippen LogP) is 3.92. The Kier molecular flexibility index (Phi) is 6.65. The third-order valence-electron chi connectivity index (χ3n) is 4.04. The second-order valence-electron chi connectivity index (χ2n) is 6.39. The van der Waals surface area contributed by atoms with E-state index < -0.39 is 0 Å². The number of carbonyl (C=O) groups excluding carboxylic acids is 1. The Morgan fingerprint density at radius 2 is 1.93 bits per heavy atom. The Bertz CT molecular complexity index is 924. The van der Waals surface area contributed by atoms with Crippen LogP contribution in [0.2, 0.25) is 0 Å². The Morgan fingerprint density at radius 3 is 2.64 bits per heavy atom. The van der Waals surface area contributed by atoms with Gasteiger partial charge in [0.2, 0.25) is 11.1 Å². The van der Waals surface area contributed by atoms with Crippen LogP contribution in [0.3, 0.4) is 0 Å². The first-order chi connectivity index (χ1) is 13.6. The molecule has 0 bridgehead atoms. The Labute approximate surface area is 168 Å². The number of para-hydroxylation sites is 2. The molecule has 0 atom stereocenters. The molecular weight excluding hydrogens is 374 g/mol. The molecule has 3 rings (SSSR count). The van der Waals surface area contributed by atoms with Gasteiger partial charge in [0, 0.05) is 0 Å². The zero-order valence-electron chi connectivity index (χ0n) is 16.1. The molecule has 2 aromatic carbocycles. The number of ether oxygens (including phenoxy) is 1. The van der Waals surface area contributed by atoms with E-state index in [1.54, 1.807) is 4.68 Å². The molecule has 3 aromatic rings. The molecule has 0 saturated heterocycles. The SMILES string of the molecule is CCOc1ccccc1NC(=O)CSc1nnnn1-c1ccc(C(C)C)cc1. The summed E-state index contributed by atoms with van der Waals surface area (Å²) in [6.45, 7) is 6.74. The molecule has 0 fully saturated rings. The molecule has 1 amide bonds. The summed E-state index contributed by atoms with van der Waals surface area (Å²) in [6, 6.07) is 15.4. The van der Waals surface area contributed by atoms with Crippen LogP contribution in [-0.4, -0.2) is 38.5 Å². The van der Waals surface area contributed by atoms with Gasteiger partial charge in [0.05, 0.1) is 23.7 Å². The van der Waals surface area contributed by atoms with E-state index in [4.69, 9.17) is 4.74 Å². The van der Waals surface area contributed by atoms with Gasteiger partial charge in [-0.2, -0.15) is 4.68 Å². The van der Waals surface area contributed by atoms with Gasteiger partial charge in [0.15, 0.2) is 0 Å². The van der Waals surface area contributed by atoms with Crippen molar-refractivity contribution in [3.63, 3.8) is 0 Å². The first-order valence-corrected chi connectivity index (χ1v) is 10.1. The molecule has 28 heavy (non-hydrogen) atoms. The lowest BCUT2D eigenvalue weighted by Crippen LogP contribution is -2.15. The maximum Gasteiger partial charge on any atom is 0.234 e. The summed E-state index contributed by atoms with van der Waals surface area (Å²) in [5.74, 6) is 1.14. The van der Waals surface area contributed by atoms with Crippen LogP contribution in [0.1, 0.15) is 32.3 Å². The second-order valence-corrected chi connectivity index (χ2v) is 7.33. The molecule has 1 heterocycles. The molecule has 8 heteroatoms. The number of benzene rings is 2. The minimum absolute atomic E-state index is 0.151. The number of anilines is 1. The molecule has 1 aromatic heterocycles. The fourth-order valence-corrected chi connectivity index (χ4v) is 3.29. The first-order valence-electron chi connectivity index (χ1n) is 9.11. The molecule has 0 unspecified atom stereocenters. The van der Waals surface area contributed by atoms with E-state index in [0.717, 1.165) is 5.69 Å². The van der Waals surface area contributed by atoms with Gasteiger partial charge >= 0.3 is 0 Å². The third-order valence-corrected chi connectivity index (χ3v) is 4.96. The number of tetrazole rings is 1. The van der Waals surface area contributed by atoms with Gasteiger partial charge in [-0.25, -0.2) is 0 Å². The van der Waals surface area contributed by atoms with E-state index in [0.29, 0.717) is 29.1 Å². The third kappa shape index (κ3) is 4.89. The number of amides is 1. The maximum atomic E-state index is 12.4. The Balaban J connectivity index is 1.64. The van der Waals surface area contributed by atoms with Gasteiger partial charge < -0.3 is 10.1 Å². The summed E-state index contributed by atoms with van der Waals surface area (Å²) in [6.07, 6.45) is 0. The van der Waals surface area contributed by atoms with Crippen molar-refractivity contribution in [2.75, 3.05) is 17.7 Å². The summed E-state index contributed by atoms with van der Waals surface area (Å²) in [4.78, 5) is 12.4. The monoisotopic (exact) mass is 397 g/mol. The van der Waals surface area contributed by atoms with E-state index >= 15 is 0 Å². The largest absolute Gasteiger partial charge is 0.492 e. The fourth-order valence-electron chi connectivity index (χ4n) is 2.60. The van der Waals surface area contributed by atoms with Crippen molar-refractivity contribution in [3.8, 4) is 11.4 Å². The number of rotatable bonds is 8. The maximum absolute atomic E-state index is 12.4. The number of hydrogen-bond donors (Lipinski definition) is 1. The van der Waals surface area contributed by atoms with Crippen molar-refractivity contribution in [2.24, 2.45) is 0 Å². The number of hydrogen-bond acceptors (Lipinski definition) is 6. The summed E-state index contributed by atoms with van der Waals surface area (Å²) >= 11 is 1.28. The van der Waals surface area contributed by atoms with Crippen molar-refractivity contribution in [3.05, 3.63) is 54.1 Å². The topological polar surface area (TPSA) is 81.9 Å². The first kappa shape index (κ1) is 19.9. The highest BCUT2D eigenvalue weighted by molar-refractivity contribution is 7.99. The zero-order chi connectivity index (χ0) is 19.9. The normalized spacial score (nSPS) is 10.9. The van der Waals surface area contributed by atoms with E-state index in [1.165, 1.54) is 17.3 Å². The predicted molar refractivity (Wildman–Crippen MR) is 110 cm³/mol. The van der Waals surface area contributed by atoms with Crippen LogP contribution in [0.25, 0.3) is 5.69 Å². The minimum atomic E-state index is -0.151. The van der Waals surface area contributed by atoms with E-state index in [1.807, 2.05) is 43.3 Å². The van der Waals surface area contributed by atoms with Crippen LogP contribution in [-0.2, 0) is 4.79 Å². The van der Waals surface area contributed by atoms with E-state index in [2.05, 4.69) is 46.8 Å². The zero-order valence-corrected chi connectivity index (χ0v) is 16.9. The van der Waals surface area contributed by atoms with E-state index in [9.17, 15) is 4.79 Å². The van der Waals surface area contributed by atoms with Crippen molar-refractivity contribution in [1.29, 1.82) is 0 Å². The van der Waals surface area contributed by atoms with Crippen LogP contribution >= 0.6 is 11.8 Å². The van der Waals surface area contributed by atoms with Crippen LogP contribution in [0, 0.1) is 0 Å². The van der Waals surface area contributed by atoms with Gasteiger partial charge in [-0.15, -0.1) is 5.10 Å². The minimum Gasteiger partial charge on any atom is -0.492 e. The number of carbonyl (C=O) groups is 1. The summed E-state index contributed by atoms with van der Waals surface area (Å²) in [5.41, 5.74) is 2.76. The quantitative estimate of drug-likeness (QED) is 0.580. The highest BCUT2D eigenvalue weighted by Crippen LogP contribution is 2.25. The number of thioether (sulfide) groups is 1. The van der Waals surface area contributed by atoms with Crippen molar-refractivity contribution < 1.29 is 9.53 Å². The lowest BCUT2D eigenvalue weighted by molar-refractivity contribution is -0.113. The smallest absolute Gasteiger partial charge is 0.234 e. The molecule has 0 aliphatic carbocycles. The summed E-state index contributed by atoms with van der Waals surface area (Å²) in [5, 5.41) is 15.3. The van der Waals surface area contributed by atoms with Gasteiger partial charge in [-0.05, 0) is 53.1 Å².